The highest BCUT2D eigenvalue weighted by Crippen LogP contribution is 2.45. The molecule has 0 heterocycles. The minimum atomic E-state index is -4.09. The van der Waals surface area contributed by atoms with Crippen LogP contribution in [-0.2, 0) is 24.5 Å². The number of benzene rings is 1. The summed E-state index contributed by atoms with van der Waals surface area (Å²) < 4.78 is 61.6. The van der Waals surface area contributed by atoms with Crippen LogP contribution in [0, 0.1) is 11.7 Å². The van der Waals surface area contributed by atoms with Crippen LogP contribution >= 0.6 is 0 Å². The van der Waals surface area contributed by atoms with Gasteiger partial charge in [0.15, 0.2) is 19.7 Å². The molecule has 0 saturated heterocycles. The van der Waals surface area contributed by atoms with Crippen molar-refractivity contribution < 1.29 is 31.1 Å². The second-order valence-electron chi connectivity index (χ2n) is 5.92. The molecule has 0 aromatic heterocycles. The summed E-state index contributed by atoms with van der Waals surface area (Å²) in [5.41, 5.74) is 0.209. The van der Waals surface area contributed by atoms with Crippen LogP contribution in [0.25, 0.3) is 0 Å². The van der Waals surface area contributed by atoms with Gasteiger partial charge in [0.2, 0.25) is 0 Å². The molecule has 0 amide bonds. The van der Waals surface area contributed by atoms with Crippen LogP contribution in [0.5, 0.6) is 0 Å². The first kappa shape index (κ1) is 17.9. The van der Waals surface area contributed by atoms with Gasteiger partial charge in [0, 0.05) is 12.5 Å². The largest absolute Gasteiger partial charge is 0.481 e. The van der Waals surface area contributed by atoms with Crippen molar-refractivity contribution in [2.75, 3.05) is 12.5 Å². The van der Waals surface area contributed by atoms with E-state index in [9.17, 15) is 26.0 Å². The summed E-state index contributed by atoms with van der Waals surface area (Å²) in [6.45, 7) is 0. The molecule has 1 aromatic carbocycles. The number of halogens is 1. The van der Waals surface area contributed by atoms with E-state index >= 15 is 0 Å². The highest BCUT2D eigenvalue weighted by molar-refractivity contribution is 7.93. The molecule has 1 aliphatic rings. The van der Waals surface area contributed by atoms with Gasteiger partial charge in [-0.1, -0.05) is 0 Å². The average Bonchev–Trinajstić information content (AvgIpc) is 3.16. The van der Waals surface area contributed by atoms with E-state index in [1.54, 1.807) is 0 Å². The van der Waals surface area contributed by atoms with Crippen molar-refractivity contribution in [1.29, 1.82) is 0 Å². The van der Waals surface area contributed by atoms with Gasteiger partial charge in [-0.2, -0.15) is 0 Å². The molecule has 1 atom stereocenters. The predicted octanol–water partition coefficient (Wildman–Crippen LogP) is 1.60. The van der Waals surface area contributed by atoms with E-state index in [2.05, 4.69) is 0 Å². The number of carbonyl (C=O) groups is 1. The van der Waals surface area contributed by atoms with E-state index in [-0.39, 0.29) is 17.9 Å². The Labute approximate surface area is 134 Å². The summed E-state index contributed by atoms with van der Waals surface area (Å²) >= 11 is 0. The first-order chi connectivity index (χ1) is 10.4. The molecule has 0 radical (unpaired) electrons. The molecule has 1 aliphatic carbocycles. The van der Waals surface area contributed by atoms with E-state index in [0.29, 0.717) is 0 Å². The lowest BCUT2D eigenvalue weighted by molar-refractivity contribution is -0.137. The Morgan fingerprint density at radius 1 is 1.22 bits per heavy atom. The fourth-order valence-electron chi connectivity index (χ4n) is 2.68. The SMILES string of the molecule is CS(=O)(=O)c1cc(C(CC(=O)O)C2CC2)cc(F)c1S(C)(=O)=O. The Kier molecular flexibility index (Phi) is 4.55. The number of sulfone groups is 2. The Hall–Kier alpha value is -1.48. The Balaban J connectivity index is 2.69. The molecule has 0 bridgehead atoms. The zero-order valence-corrected chi connectivity index (χ0v) is 14.2. The summed E-state index contributed by atoms with van der Waals surface area (Å²) in [6.07, 6.45) is 2.83. The lowest BCUT2D eigenvalue weighted by Gasteiger charge is -2.17. The van der Waals surface area contributed by atoms with Gasteiger partial charge in [-0.25, -0.2) is 21.2 Å². The summed E-state index contributed by atoms with van der Waals surface area (Å²) in [4.78, 5) is 9.51. The number of aliphatic carboxylic acids is 1. The van der Waals surface area contributed by atoms with Crippen molar-refractivity contribution in [2.24, 2.45) is 5.92 Å². The smallest absolute Gasteiger partial charge is 0.303 e. The first-order valence-corrected chi connectivity index (χ1v) is 10.6. The molecule has 0 spiro atoms. The number of carboxylic acids is 1. The molecule has 1 N–H and O–H groups in total. The summed E-state index contributed by atoms with van der Waals surface area (Å²) in [7, 11) is -8.08. The molecule has 1 aromatic rings. The van der Waals surface area contributed by atoms with Crippen LogP contribution in [-0.4, -0.2) is 40.4 Å². The number of rotatable bonds is 6. The maximum absolute atomic E-state index is 14.3. The molecule has 128 valence electrons. The van der Waals surface area contributed by atoms with Gasteiger partial charge in [0.25, 0.3) is 0 Å². The first-order valence-electron chi connectivity index (χ1n) is 6.86. The number of hydrogen-bond donors (Lipinski definition) is 1. The topological polar surface area (TPSA) is 106 Å². The van der Waals surface area contributed by atoms with Crippen LogP contribution in [0.4, 0.5) is 4.39 Å². The molecule has 1 unspecified atom stereocenters. The van der Waals surface area contributed by atoms with Crippen LogP contribution in [0.15, 0.2) is 21.9 Å². The van der Waals surface area contributed by atoms with Gasteiger partial charge in [0.05, 0.1) is 11.3 Å². The normalized spacial score (nSPS) is 17.0. The van der Waals surface area contributed by atoms with Gasteiger partial charge in [-0.15, -0.1) is 0 Å². The van der Waals surface area contributed by atoms with Gasteiger partial charge < -0.3 is 5.11 Å². The zero-order valence-electron chi connectivity index (χ0n) is 12.6. The number of hydrogen-bond acceptors (Lipinski definition) is 5. The van der Waals surface area contributed by atoms with Crippen molar-refractivity contribution in [3.05, 3.63) is 23.5 Å². The summed E-state index contributed by atoms with van der Waals surface area (Å²) in [5, 5.41) is 9.00. The van der Waals surface area contributed by atoms with Crippen LogP contribution in [0.3, 0.4) is 0 Å². The molecule has 23 heavy (non-hydrogen) atoms. The third-order valence-electron chi connectivity index (χ3n) is 3.82. The molecule has 6 nitrogen and oxygen atoms in total. The fourth-order valence-corrected chi connectivity index (χ4v) is 5.21. The maximum Gasteiger partial charge on any atom is 0.303 e. The third-order valence-corrected chi connectivity index (χ3v) is 6.22. The Morgan fingerprint density at radius 3 is 2.17 bits per heavy atom. The van der Waals surface area contributed by atoms with Crippen LogP contribution < -0.4 is 0 Å². The van der Waals surface area contributed by atoms with Gasteiger partial charge in [-0.05, 0) is 42.4 Å². The lowest BCUT2D eigenvalue weighted by Crippen LogP contribution is -2.14. The zero-order chi connectivity index (χ0) is 17.6. The van der Waals surface area contributed by atoms with Crippen molar-refractivity contribution in [1.82, 2.24) is 0 Å². The van der Waals surface area contributed by atoms with Crippen molar-refractivity contribution in [2.45, 2.75) is 35.0 Å². The average molecular weight is 364 g/mol. The van der Waals surface area contributed by atoms with Gasteiger partial charge >= 0.3 is 5.97 Å². The molecule has 1 saturated carbocycles. The molecular formula is C14H17FO6S2. The van der Waals surface area contributed by atoms with Crippen molar-refractivity contribution in [3.8, 4) is 0 Å². The molecule has 1 fully saturated rings. The van der Waals surface area contributed by atoms with Crippen LogP contribution in [0.1, 0.15) is 30.7 Å². The second-order valence-corrected chi connectivity index (χ2v) is 9.85. The molecule has 2 rings (SSSR count). The van der Waals surface area contributed by atoms with E-state index in [4.69, 9.17) is 5.11 Å². The fraction of sp³-hybridized carbons (Fsp3) is 0.500. The second kappa shape index (κ2) is 5.86. The van der Waals surface area contributed by atoms with E-state index in [1.165, 1.54) is 0 Å². The quantitative estimate of drug-likeness (QED) is 0.822. The van der Waals surface area contributed by atoms with Crippen molar-refractivity contribution in [3.63, 3.8) is 0 Å². The van der Waals surface area contributed by atoms with E-state index in [0.717, 1.165) is 37.5 Å². The summed E-state index contributed by atoms with van der Waals surface area (Å²) in [6, 6.07) is 2.04. The Bertz CT molecular complexity index is 853. The van der Waals surface area contributed by atoms with E-state index in [1.807, 2.05) is 0 Å². The van der Waals surface area contributed by atoms with Crippen molar-refractivity contribution >= 4 is 25.6 Å². The number of carboxylic acid groups (broad SMARTS) is 1. The minimum Gasteiger partial charge on any atom is -0.481 e. The van der Waals surface area contributed by atoms with Crippen LogP contribution in [0.2, 0.25) is 0 Å². The van der Waals surface area contributed by atoms with Gasteiger partial charge in [-0.3, -0.25) is 4.79 Å². The molecule has 0 aliphatic heterocycles. The molecular weight excluding hydrogens is 347 g/mol. The Morgan fingerprint density at radius 2 is 1.78 bits per heavy atom. The standard InChI is InChI=1S/C14H17FO6S2/c1-22(18,19)12-6-9(5-11(15)14(12)23(2,20)21)10(7-13(16)17)8-3-4-8/h5-6,8,10H,3-4,7H2,1-2H3,(H,16,17). The highest BCUT2D eigenvalue weighted by atomic mass is 32.2. The molecule has 9 heteroatoms. The maximum atomic E-state index is 14.3. The predicted molar refractivity (Wildman–Crippen MR) is 80.3 cm³/mol. The lowest BCUT2D eigenvalue weighted by atomic mass is 9.91. The van der Waals surface area contributed by atoms with E-state index < -0.39 is 47.2 Å². The highest BCUT2D eigenvalue weighted by Gasteiger charge is 2.36. The summed E-state index contributed by atoms with van der Waals surface area (Å²) in [5.74, 6) is -2.73. The third kappa shape index (κ3) is 4.08. The monoisotopic (exact) mass is 364 g/mol. The van der Waals surface area contributed by atoms with Gasteiger partial charge in [0.1, 0.15) is 10.7 Å². The minimum absolute atomic E-state index is 0.0435.